The summed E-state index contributed by atoms with van der Waals surface area (Å²) in [5, 5.41) is 6.10. The third kappa shape index (κ3) is 6.21. The van der Waals surface area contributed by atoms with Crippen LogP contribution in [0.2, 0.25) is 0 Å². The zero-order valence-electron chi connectivity index (χ0n) is 28.5. The molecule has 1 heterocycles. The van der Waals surface area contributed by atoms with Crippen LogP contribution in [0.15, 0.2) is 210 Å². The number of amidine groups is 2. The number of nitrogens with one attached hydrogen (secondary N) is 1. The average molecular weight is 666 g/mol. The molecule has 0 amide bonds. The quantitative estimate of drug-likeness (QED) is 0.181. The molecule has 0 spiro atoms. The molecule has 8 aromatic carbocycles. The van der Waals surface area contributed by atoms with Gasteiger partial charge in [-0.2, -0.15) is 0 Å². The van der Waals surface area contributed by atoms with Crippen molar-refractivity contribution in [2.24, 2.45) is 9.98 Å². The molecule has 246 valence electrons. The molecule has 9 rings (SSSR count). The fraction of sp³-hybridized carbons (Fsp3) is 0.0204. The van der Waals surface area contributed by atoms with Gasteiger partial charge in [0.05, 0.1) is 0 Å². The molecule has 1 aliphatic rings. The van der Waals surface area contributed by atoms with Crippen molar-refractivity contribution in [2.45, 2.75) is 6.17 Å². The summed E-state index contributed by atoms with van der Waals surface area (Å²) in [6, 6.07) is 70.7. The van der Waals surface area contributed by atoms with E-state index in [0.717, 1.165) is 39.2 Å². The molecule has 0 radical (unpaired) electrons. The summed E-state index contributed by atoms with van der Waals surface area (Å²) < 4.78 is 0. The van der Waals surface area contributed by atoms with Crippen molar-refractivity contribution < 1.29 is 0 Å². The van der Waals surface area contributed by atoms with E-state index in [4.69, 9.17) is 9.98 Å². The summed E-state index contributed by atoms with van der Waals surface area (Å²) in [5.74, 6) is 1.50. The van der Waals surface area contributed by atoms with Gasteiger partial charge in [0.25, 0.3) is 0 Å². The Hall–Kier alpha value is -6.84. The van der Waals surface area contributed by atoms with Gasteiger partial charge in [0.15, 0.2) is 5.84 Å². The van der Waals surface area contributed by atoms with Crippen LogP contribution in [0.4, 0.5) is 0 Å². The van der Waals surface area contributed by atoms with E-state index in [1.165, 1.54) is 38.6 Å². The third-order valence-electron chi connectivity index (χ3n) is 9.74. The highest BCUT2D eigenvalue weighted by Gasteiger charge is 2.22. The summed E-state index contributed by atoms with van der Waals surface area (Å²) in [7, 11) is 0. The first-order chi connectivity index (χ1) is 25.8. The van der Waals surface area contributed by atoms with Crippen molar-refractivity contribution in [2.75, 3.05) is 0 Å². The van der Waals surface area contributed by atoms with Crippen LogP contribution in [0.25, 0.3) is 55.3 Å². The lowest BCUT2D eigenvalue weighted by Crippen LogP contribution is -2.33. The largest absolute Gasteiger partial charge is 0.344 e. The van der Waals surface area contributed by atoms with Gasteiger partial charge in [0, 0.05) is 11.1 Å². The Morgan fingerprint density at radius 3 is 1.67 bits per heavy atom. The van der Waals surface area contributed by atoms with Gasteiger partial charge in [-0.25, -0.2) is 9.98 Å². The predicted molar refractivity (Wildman–Crippen MR) is 218 cm³/mol. The number of hydrogen-bond donors (Lipinski definition) is 1. The zero-order chi connectivity index (χ0) is 34.7. The van der Waals surface area contributed by atoms with Crippen molar-refractivity contribution in [3.63, 3.8) is 0 Å². The van der Waals surface area contributed by atoms with Gasteiger partial charge >= 0.3 is 0 Å². The fourth-order valence-electron chi connectivity index (χ4n) is 7.12. The molecule has 3 nitrogen and oxygen atoms in total. The second kappa shape index (κ2) is 13.8. The molecule has 3 heteroatoms. The van der Waals surface area contributed by atoms with Gasteiger partial charge < -0.3 is 5.32 Å². The smallest absolute Gasteiger partial charge is 0.159 e. The minimum Gasteiger partial charge on any atom is -0.344 e. The number of nitrogens with zero attached hydrogens (tertiary/aromatic N) is 2. The highest BCUT2D eigenvalue weighted by atomic mass is 15.2. The van der Waals surface area contributed by atoms with Crippen LogP contribution in [0.1, 0.15) is 22.9 Å². The number of aliphatic imine (C=N–C) groups is 2. The Morgan fingerprint density at radius 2 is 0.923 bits per heavy atom. The second-order valence-electron chi connectivity index (χ2n) is 13.1. The van der Waals surface area contributed by atoms with E-state index in [-0.39, 0.29) is 6.17 Å². The van der Waals surface area contributed by atoms with Gasteiger partial charge in [-0.3, -0.25) is 0 Å². The molecule has 8 aromatic rings. The normalized spacial score (nSPS) is 14.0. The van der Waals surface area contributed by atoms with E-state index in [2.05, 4.69) is 193 Å². The maximum Gasteiger partial charge on any atom is 0.159 e. The monoisotopic (exact) mass is 665 g/mol. The molecule has 1 unspecified atom stereocenters. The Balaban J connectivity index is 1.15. The molecule has 1 N–H and O–H groups in total. The molecule has 0 bridgehead atoms. The van der Waals surface area contributed by atoms with Crippen LogP contribution < -0.4 is 5.32 Å². The first-order valence-electron chi connectivity index (χ1n) is 17.7. The van der Waals surface area contributed by atoms with Gasteiger partial charge in [0.1, 0.15) is 12.0 Å². The summed E-state index contributed by atoms with van der Waals surface area (Å²) in [6.45, 7) is 0. The van der Waals surface area contributed by atoms with Crippen molar-refractivity contribution in [1.29, 1.82) is 0 Å². The molecule has 0 aromatic heterocycles. The summed E-state index contributed by atoms with van der Waals surface area (Å²) >= 11 is 0. The number of fused-ring (bicyclic) bond motifs is 1. The Bertz CT molecular complexity index is 2570. The number of hydrogen-bond acceptors (Lipinski definition) is 3. The number of rotatable bonds is 7. The minimum atomic E-state index is -0.288. The molecule has 0 saturated carbocycles. The average Bonchev–Trinajstić information content (AvgIpc) is 3.24. The molecular weight excluding hydrogens is 631 g/mol. The Kier molecular flexibility index (Phi) is 8.28. The van der Waals surface area contributed by atoms with E-state index < -0.39 is 0 Å². The first kappa shape index (κ1) is 31.2. The van der Waals surface area contributed by atoms with Crippen LogP contribution >= 0.6 is 0 Å². The van der Waals surface area contributed by atoms with Gasteiger partial charge in [-0.1, -0.05) is 188 Å². The standard InChI is InChI=1S/C49H35N3/c1-4-14-34(15-5-1)36-26-28-38(29-27-36)45-31-30-37-18-10-11-25-44(37)46(45)41-22-13-24-43(33-41)49-51-47(39-19-8-3-9-20-39)50-48(52-49)42-23-12-21-40(32-42)35-16-6-2-7-17-35/h1-33,47H,(H,50,51,52). The van der Waals surface area contributed by atoms with E-state index >= 15 is 0 Å². The molecular formula is C49H35N3. The van der Waals surface area contributed by atoms with Crippen LogP contribution in [0.3, 0.4) is 0 Å². The van der Waals surface area contributed by atoms with Crippen molar-refractivity contribution in [3.8, 4) is 44.5 Å². The van der Waals surface area contributed by atoms with Gasteiger partial charge in [-0.05, 0) is 73.0 Å². The van der Waals surface area contributed by atoms with Crippen molar-refractivity contribution >= 4 is 22.4 Å². The van der Waals surface area contributed by atoms with Crippen LogP contribution in [0.5, 0.6) is 0 Å². The van der Waals surface area contributed by atoms with Gasteiger partial charge in [0.2, 0.25) is 0 Å². The first-order valence-corrected chi connectivity index (χ1v) is 17.7. The van der Waals surface area contributed by atoms with E-state index in [1.807, 2.05) is 12.1 Å². The lowest BCUT2D eigenvalue weighted by Gasteiger charge is -2.24. The molecule has 1 aliphatic heterocycles. The van der Waals surface area contributed by atoms with E-state index in [9.17, 15) is 0 Å². The summed E-state index contributed by atoms with van der Waals surface area (Å²) in [5.41, 5.74) is 12.5. The lowest BCUT2D eigenvalue weighted by molar-refractivity contribution is 0.674. The molecule has 0 fully saturated rings. The highest BCUT2D eigenvalue weighted by Crippen LogP contribution is 2.39. The Labute approximate surface area is 304 Å². The maximum absolute atomic E-state index is 5.20. The number of benzene rings is 8. The van der Waals surface area contributed by atoms with E-state index in [1.54, 1.807) is 0 Å². The predicted octanol–water partition coefficient (Wildman–Crippen LogP) is 12.0. The van der Waals surface area contributed by atoms with Crippen molar-refractivity contribution in [3.05, 3.63) is 217 Å². The second-order valence-corrected chi connectivity index (χ2v) is 13.1. The Morgan fingerprint density at radius 1 is 0.385 bits per heavy atom. The van der Waals surface area contributed by atoms with Crippen LogP contribution in [-0.2, 0) is 0 Å². The fourth-order valence-corrected chi connectivity index (χ4v) is 7.12. The molecule has 0 aliphatic carbocycles. The van der Waals surface area contributed by atoms with Crippen LogP contribution in [-0.4, -0.2) is 11.7 Å². The summed E-state index contributed by atoms with van der Waals surface area (Å²) in [6.07, 6.45) is -0.288. The maximum atomic E-state index is 5.20. The van der Waals surface area contributed by atoms with Gasteiger partial charge in [-0.15, -0.1) is 0 Å². The lowest BCUT2D eigenvalue weighted by atomic mass is 9.88. The molecule has 52 heavy (non-hydrogen) atoms. The van der Waals surface area contributed by atoms with E-state index in [0.29, 0.717) is 5.84 Å². The summed E-state index contributed by atoms with van der Waals surface area (Å²) in [4.78, 5) is 10.4. The van der Waals surface area contributed by atoms with Crippen LogP contribution in [0, 0.1) is 0 Å². The minimum absolute atomic E-state index is 0.288. The third-order valence-corrected chi connectivity index (χ3v) is 9.74. The van der Waals surface area contributed by atoms with Crippen molar-refractivity contribution in [1.82, 2.24) is 5.32 Å². The molecule has 0 saturated heterocycles. The highest BCUT2D eigenvalue weighted by molar-refractivity contribution is 6.14. The SMILES string of the molecule is c1ccc(-c2ccc(-c3ccc4ccccc4c3-c3cccc(C4=NC(c5cccc(-c6ccccc6)c5)=NC(c5ccccc5)N4)c3)cc2)cc1. The molecule has 1 atom stereocenters. The topological polar surface area (TPSA) is 36.8 Å². The zero-order valence-corrected chi connectivity index (χ0v) is 28.5.